The van der Waals surface area contributed by atoms with Crippen LogP contribution in [0.2, 0.25) is 0 Å². The monoisotopic (exact) mass is 242 g/mol. The quantitative estimate of drug-likeness (QED) is 0.808. The number of nitrogens with zero attached hydrogens (tertiary/aromatic N) is 2. The van der Waals surface area contributed by atoms with Gasteiger partial charge in [0.25, 0.3) is 0 Å². The summed E-state index contributed by atoms with van der Waals surface area (Å²) in [5, 5.41) is 26.1. The first-order chi connectivity index (χ1) is 8.66. The summed E-state index contributed by atoms with van der Waals surface area (Å²) < 4.78 is 0. The van der Waals surface area contributed by atoms with Gasteiger partial charge in [-0.15, -0.1) is 5.11 Å². The Morgan fingerprint density at radius 3 is 2.33 bits per heavy atom. The number of hydrogen-bond acceptors (Lipinski definition) is 4. The van der Waals surface area contributed by atoms with E-state index in [1.807, 2.05) is 18.2 Å². The number of phenolic OH excluding ortho intramolecular Hbond substituents is 1. The van der Waals surface area contributed by atoms with Crippen molar-refractivity contribution in [2.24, 2.45) is 10.2 Å². The van der Waals surface area contributed by atoms with E-state index in [0.717, 1.165) is 6.07 Å². The van der Waals surface area contributed by atoms with Crippen LogP contribution in [0.1, 0.15) is 10.4 Å². The molecule has 0 fully saturated rings. The lowest BCUT2D eigenvalue weighted by Gasteiger charge is -1.99. The van der Waals surface area contributed by atoms with E-state index in [0.29, 0.717) is 5.69 Å². The van der Waals surface area contributed by atoms with Gasteiger partial charge in [-0.05, 0) is 30.3 Å². The number of carboxylic acid groups (broad SMARTS) is 1. The molecule has 0 amide bonds. The van der Waals surface area contributed by atoms with Gasteiger partial charge in [-0.2, -0.15) is 5.11 Å². The van der Waals surface area contributed by atoms with Crippen LogP contribution >= 0.6 is 0 Å². The van der Waals surface area contributed by atoms with Gasteiger partial charge in [0.2, 0.25) is 0 Å². The van der Waals surface area contributed by atoms with Crippen LogP contribution in [-0.4, -0.2) is 16.2 Å². The smallest absolute Gasteiger partial charge is 0.335 e. The first-order valence-corrected chi connectivity index (χ1v) is 5.20. The first kappa shape index (κ1) is 11.8. The van der Waals surface area contributed by atoms with Gasteiger partial charge in [-0.1, -0.05) is 18.2 Å². The SMILES string of the molecule is O=C(O)c1ccc(/N=N/c2ccccc2)c(O)c1. The van der Waals surface area contributed by atoms with Crippen molar-refractivity contribution in [3.05, 3.63) is 54.1 Å². The predicted octanol–water partition coefficient (Wildman–Crippen LogP) is 3.51. The van der Waals surface area contributed by atoms with Crippen molar-refractivity contribution in [3.63, 3.8) is 0 Å². The van der Waals surface area contributed by atoms with Gasteiger partial charge in [0.15, 0.2) is 0 Å². The number of hydrogen-bond donors (Lipinski definition) is 2. The molecule has 0 unspecified atom stereocenters. The van der Waals surface area contributed by atoms with E-state index in [2.05, 4.69) is 10.2 Å². The maximum Gasteiger partial charge on any atom is 0.335 e. The van der Waals surface area contributed by atoms with Gasteiger partial charge in [0.05, 0.1) is 11.3 Å². The van der Waals surface area contributed by atoms with Crippen LogP contribution in [0, 0.1) is 0 Å². The Morgan fingerprint density at radius 1 is 1.00 bits per heavy atom. The number of rotatable bonds is 3. The molecule has 0 aliphatic rings. The first-order valence-electron chi connectivity index (χ1n) is 5.20. The van der Waals surface area contributed by atoms with Gasteiger partial charge in [-0.3, -0.25) is 0 Å². The molecule has 0 saturated carbocycles. The largest absolute Gasteiger partial charge is 0.506 e. The minimum atomic E-state index is -1.10. The molecule has 0 aliphatic carbocycles. The molecule has 0 heterocycles. The normalized spacial score (nSPS) is 10.7. The molecule has 0 radical (unpaired) electrons. The molecule has 2 rings (SSSR count). The fraction of sp³-hybridized carbons (Fsp3) is 0. The maximum atomic E-state index is 10.7. The third-order valence-electron chi connectivity index (χ3n) is 2.25. The summed E-state index contributed by atoms with van der Waals surface area (Å²) in [5.41, 5.74) is 0.884. The Morgan fingerprint density at radius 2 is 1.72 bits per heavy atom. The summed E-state index contributed by atoms with van der Waals surface area (Å²) in [5.74, 6) is -1.31. The van der Waals surface area contributed by atoms with E-state index >= 15 is 0 Å². The molecule has 0 aliphatic heterocycles. The topological polar surface area (TPSA) is 82.2 Å². The van der Waals surface area contributed by atoms with E-state index in [-0.39, 0.29) is 17.0 Å². The molecule has 2 N–H and O–H groups in total. The zero-order chi connectivity index (χ0) is 13.0. The summed E-state index contributed by atoms with van der Waals surface area (Å²) in [6.07, 6.45) is 0. The molecule has 0 saturated heterocycles. The number of azo groups is 1. The number of carboxylic acids is 1. The van der Waals surface area contributed by atoms with Crippen LogP contribution in [0.3, 0.4) is 0 Å². The number of carbonyl (C=O) groups is 1. The minimum Gasteiger partial charge on any atom is -0.506 e. The highest BCUT2D eigenvalue weighted by Gasteiger charge is 2.06. The Labute approximate surface area is 103 Å². The fourth-order valence-corrected chi connectivity index (χ4v) is 1.35. The van der Waals surface area contributed by atoms with E-state index < -0.39 is 5.97 Å². The molecule has 0 aromatic heterocycles. The molecule has 0 atom stereocenters. The second-order valence-electron chi connectivity index (χ2n) is 3.54. The highest BCUT2D eigenvalue weighted by Crippen LogP contribution is 2.28. The second-order valence-corrected chi connectivity index (χ2v) is 3.54. The molecule has 5 nitrogen and oxygen atoms in total. The zero-order valence-corrected chi connectivity index (χ0v) is 9.32. The Hall–Kier alpha value is -2.69. The summed E-state index contributed by atoms with van der Waals surface area (Å²) in [4.78, 5) is 10.7. The lowest BCUT2D eigenvalue weighted by atomic mass is 10.2. The average molecular weight is 242 g/mol. The van der Waals surface area contributed by atoms with Crippen LogP contribution in [0.25, 0.3) is 0 Å². The Balaban J connectivity index is 2.25. The van der Waals surface area contributed by atoms with Crippen molar-refractivity contribution in [1.82, 2.24) is 0 Å². The van der Waals surface area contributed by atoms with Crippen molar-refractivity contribution < 1.29 is 15.0 Å². The highest BCUT2D eigenvalue weighted by atomic mass is 16.4. The lowest BCUT2D eigenvalue weighted by Crippen LogP contribution is -1.94. The molecule has 0 spiro atoms. The molecular weight excluding hydrogens is 232 g/mol. The van der Waals surface area contributed by atoms with Crippen molar-refractivity contribution >= 4 is 17.3 Å². The standard InChI is InChI=1S/C13H10N2O3/c16-12-8-9(13(17)18)6-7-11(12)15-14-10-4-2-1-3-5-10/h1-8,16H,(H,17,18)/b15-14+. The number of benzene rings is 2. The van der Waals surface area contributed by atoms with Crippen molar-refractivity contribution in [3.8, 4) is 5.75 Å². The molecule has 18 heavy (non-hydrogen) atoms. The number of aromatic hydroxyl groups is 1. The van der Waals surface area contributed by atoms with Crippen molar-refractivity contribution in [2.75, 3.05) is 0 Å². The van der Waals surface area contributed by atoms with Crippen LogP contribution in [-0.2, 0) is 0 Å². The third kappa shape index (κ3) is 2.70. The lowest BCUT2D eigenvalue weighted by molar-refractivity contribution is 0.0696. The summed E-state index contributed by atoms with van der Waals surface area (Å²) in [7, 11) is 0. The van der Waals surface area contributed by atoms with E-state index in [1.54, 1.807) is 12.1 Å². The molecule has 2 aromatic rings. The Bertz CT molecular complexity index is 594. The number of phenols is 1. The van der Waals surface area contributed by atoms with Crippen molar-refractivity contribution in [2.45, 2.75) is 0 Å². The fourth-order valence-electron chi connectivity index (χ4n) is 1.35. The van der Waals surface area contributed by atoms with E-state index in [4.69, 9.17) is 5.11 Å². The van der Waals surface area contributed by atoms with Gasteiger partial charge < -0.3 is 10.2 Å². The van der Waals surface area contributed by atoms with Gasteiger partial charge in [-0.25, -0.2) is 4.79 Å². The average Bonchev–Trinajstić information content (AvgIpc) is 2.38. The number of aromatic carboxylic acids is 1. The maximum absolute atomic E-state index is 10.7. The second kappa shape index (κ2) is 5.09. The van der Waals surface area contributed by atoms with E-state index in [9.17, 15) is 9.90 Å². The zero-order valence-electron chi connectivity index (χ0n) is 9.32. The molecule has 0 bridgehead atoms. The van der Waals surface area contributed by atoms with Crippen molar-refractivity contribution in [1.29, 1.82) is 0 Å². The summed E-state index contributed by atoms with van der Waals surface area (Å²) in [6.45, 7) is 0. The van der Waals surface area contributed by atoms with Gasteiger partial charge >= 0.3 is 5.97 Å². The minimum absolute atomic E-state index is 0.00570. The van der Waals surface area contributed by atoms with Gasteiger partial charge in [0, 0.05) is 0 Å². The highest BCUT2D eigenvalue weighted by molar-refractivity contribution is 5.88. The summed E-state index contributed by atoms with van der Waals surface area (Å²) >= 11 is 0. The molecule has 90 valence electrons. The third-order valence-corrected chi connectivity index (χ3v) is 2.25. The van der Waals surface area contributed by atoms with Crippen LogP contribution in [0.15, 0.2) is 58.8 Å². The molecule has 2 aromatic carbocycles. The van der Waals surface area contributed by atoms with Gasteiger partial charge in [0.1, 0.15) is 11.4 Å². The molecule has 5 heteroatoms. The van der Waals surface area contributed by atoms with Crippen LogP contribution < -0.4 is 0 Å². The molecular formula is C13H10N2O3. The van der Waals surface area contributed by atoms with Crippen LogP contribution in [0.4, 0.5) is 11.4 Å². The Kier molecular flexibility index (Phi) is 3.33. The predicted molar refractivity (Wildman–Crippen MR) is 65.7 cm³/mol. The van der Waals surface area contributed by atoms with Crippen LogP contribution in [0.5, 0.6) is 5.75 Å². The summed E-state index contributed by atoms with van der Waals surface area (Å²) in [6, 6.07) is 13.0. The van der Waals surface area contributed by atoms with E-state index in [1.165, 1.54) is 12.1 Å².